The monoisotopic (exact) mass is 267 g/mol. The van der Waals surface area contributed by atoms with E-state index in [0.717, 1.165) is 5.56 Å². The van der Waals surface area contributed by atoms with Crippen molar-refractivity contribution in [1.82, 2.24) is 5.32 Å². The normalized spacial score (nSPS) is 12.8. The van der Waals surface area contributed by atoms with Gasteiger partial charge in [-0.05, 0) is 38.5 Å². The fraction of sp³-hybridized carbons (Fsp3) is 0.500. The molecule has 5 nitrogen and oxygen atoms in total. The first-order chi connectivity index (χ1) is 8.81. The molecular weight excluding hydrogens is 246 g/mol. The standard InChI is InChI=1S/C14H21NO4/c1-14(2,3)19-13(18)15-8-11(9-16)10-4-6-12(17)7-5-10/h4-7,11,16-17H,8-9H2,1-3H3,(H,15,18)/t11-/m0/s1. The van der Waals surface area contributed by atoms with Crippen LogP contribution in [-0.4, -0.2) is 35.1 Å². The van der Waals surface area contributed by atoms with Crippen molar-refractivity contribution in [2.24, 2.45) is 0 Å². The summed E-state index contributed by atoms with van der Waals surface area (Å²) in [6, 6.07) is 6.52. The maximum absolute atomic E-state index is 11.5. The molecule has 1 aromatic carbocycles. The summed E-state index contributed by atoms with van der Waals surface area (Å²) >= 11 is 0. The molecule has 0 fully saturated rings. The predicted molar refractivity (Wildman–Crippen MR) is 72.2 cm³/mol. The second-order valence-corrected chi connectivity index (χ2v) is 5.35. The zero-order valence-corrected chi connectivity index (χ0v) is 11.5. The van der Waals surface area contributed by atoms with Crippen molar-refractivity contribution in [3.05, 3.63) is 29.8 Å². The number of ether oxygens (including phenoxy) is 1. The molecule has 0 aliphatic rings. The summed E-state index contributed by atoms with van der Waals surface area (Å²) in [4.78, 5) is 11.5. The third kappa shape index (κ3) is 5.61. The first kappa shape index (κ1) is 15.3. The Labute approximate surface area is 113 Å². The maximum Gasteiger partial charge on any atom is 0.407 e. The van der Waals surface area contributed by atoms with E-state index >= 15 is 0 Å². The van der Waals surface area contributed by atoms with Crippen molar-refractivity contribution >= 4 is 6.09 Å². The van der Waals surface area contributed by atoms with Gasteiger partial charge in [0.1, 0.15) is 11.4 Å². The second-order valence-electron chi connectivity index (χ2n) is 5.35. The van der Waals surface area contributed by atoms with Crippen LogP contribution in [0.2, 0.25) is 0 Å². The molecule has 0 aromatic heterocycles. The van der Waals surface area contributed by atoms with Gasteiger partial charge in [-0.1, -0.05) is 12.1 Å². The van der Waals surface area contributed by atoms with Crippen LogP contribution < -0.4 is 5.32 Å². The lowest BCUT2D eigenvalue weighted by Crippen LogP contribution is -2.35. The van der Waals surface area contributed by atoms with Gasteiger partial charge in [-0.2, -0.15) is 0 Å². The average molecular weight is 267 g/mol. The molecular formula is C14H21NO4. The number of carbonyl (C=O) groups excluding carboxylic acids is 1. The zero-order chi connectivity index (χ0) is 14.5. The molecule has 1 amide bonds. The van der Waals surface area contributed by atoms with Crippen molar-refractivity contribution in [2.75, 3.05) is 13.2 Å². The van der Waals surface area contributed by atoms with Gasteiger partial charge in [0.25, 0.3) is 0 Å². The summed E-state index contributed by atoms with van der Waals surface area (Å²) in [6.07, 6.45) is -0.510. The minimum absolute atomic E-state index is 0.0967. The highest BCUT2D eigenvalue weighted by molar-refractivity contribution is 5.67. The van der Waals surface area contributed by atoms with Gasteiger partial charge >= 0.3 is 6.09 Å². The summed E-state index contributed by atoms with van der Waals surface area (Å²) in [5.74, 6) is -0.0614. The quantitative estimate of drug-likeness (QED) is 0.779. The van der Waals surface area contributed by atoms with E-state index in [1.807, 2.05) is 0 Å². The number of aliphatic hydroxyl groups is 1. The Bertz CT molecular complexity index is 408. The van der Waals surface area contributed by atoms with Gasteiger partial charge in [0.05, 0.1) is 6.61 Å². The SMILES string of the molecule is CC(C)(C)OC(=O)NC[C@@H](CO)c1ccc(O)cc1. The number of carbonyl (C=O) groups is 1. The molecule has 0 spiro atoms. The van der Waals surface area contributed by atoms with Crippen molar-refractivity contribution in [3.8, 4) is 5.75 Å². The Balaban J connectivity index is 2.54. The van der Waals surface area contributed by atoms with Crippen LogP contribution in [0.15, 0.2) is 24.3 Å². The number of alkyl carbamates (subject to hydrolysis) is 1. The van der Waals surface area contributed by atoms with Gasteiger partial charge < -0.3 is 20.3 Å². The number of rotatable bonds is 4. The molecule has 106 valence electrons. The number of nitrogens with one attached hydrogen (secondary N) is 1. The van der Waals surface area contributed by atoms with E-state index in [1.54, 1.807) is 45.0 Å². The summed E-state index contributed by atoms with van der Waals surface area (Å²) in [5.41, 5.74) is 0.300. The minimum Gasteiger partial charge on any atom is -0.508 e. The summed E-state index contributed by atoms with van der Waals surface area (Å²) in [6.45, 7) is 5.54. The van der Waals surface area contributed by atoms with E-state index in [1.165, 1.54) is 0 Å². The molecule has 0 aliphatic carbocycles. The van der Waals surface area contributed by atoms with E-state index in [-0.39, 0.29) is 24.8 Å². The largest absolute Gasteiger partial charge is 0.508 e. The van der Waals surface area contributed by atoms with Crippen LogP contribution in [0.1, 0.15) is 32.3 Å². The number of amides is 1. The number of aliphatic hydroxyl groups excluding tert-OH is 1. The Morgan fingerprint density at radius 2 is 1.89 bits per heavy atom. The first-order valence-electron chi connectivity index (χ1n) is 6.18. The third-order valence-corrected chi connectivity index (χ3v) is 2.48. The van der Waals surface area contributed by atoms with Crippen molar-refractivity contribution in [1.29, 1.82) is 0 Å². The Hall–Kier alpha value is -1.75. The topological polar surface area (TPSA) is 78.8 Å². The molecule has 0 bridgehead atoms. The van der Waals surface area contributed by atoms with Crippen LogP contribution in [0.3, 0.4) is 0 Å². The molecule has 0 saturated carbocycles. The highest BCUT2D eigenvalue weighted by atomic mass is 16.6. The van der Waals surface area contributed by atoms with Crippen molar-refractivity contribution in [3.63, 3.8) is 0 Å². The molecule has 1 atom stereocenters. The van der Waals surface area contributed by atoms with Crippen molar-refractivity contribution in [2.45, 2.75) is 32.3 Å². The van der Waals surface area contributed by atoms with Gasteiger partial charge in [-0.3, -0.25) is 0 Å². The maximum atomic E-state index is 11.5. The lowest BCUT2D eigenvalue weighted by atomic mass is 10.00. The van der Waals surface area contributed by atoms with E-state index in [0.29, 0.717) is 0 Å². The van der Waals surface area contributed by atoms with E-state index in [2.05, 4.69) is 5.32 Å². The highest BCUT2D eigenvalue weighted by Crippen LogP contribution is 2.18. The zero-order valence-electron chi connectivity index (χ0n) is 11.5. The molecule has 0 saturated heterocycles. The smallest absolute Gasteiger partial charge is 0.407 e. The Kier molecular flexibility index (Phi) is 5.18. The molecule has 5 heteroatoms. The highest BCUT2D eigenvalue weighted by Gasteiger charge is 2.18. The Morgan fingerprint density at radius 1 is 1.32 bits per heavy atom. The lowest BCUT2D eigenvalue weighted by molar-refractivity contribution is 0.0521. The molecule has 1 rings (SSSR count). The molecule has 1 aromatic rings. The van der Waals surface area contributed by atoms with Gasteiger partial charge in [-0.15, -0.1) is 0 Å². The van der Waals surface area contributed by atoms with Gasteiger partial charge in [-0.25, -0.2) is 4.79 Å². The predicted octanol–water partition coefficient (Wildman–Crippen LogP) is 1.99. The lowest BCUT2D eigenvalue weighted by Gasteiger charge is -2.21. The number of aromatic hydroxyl groups is 1. The molecule has 0 heterocycles. The minimum atomic E-state index is -0.544. The van der Waals surface area contributed by atoms with Gasteiger partial charge in [0.15, 0.2) is 0 Å². The molecule has 19 heavy (non-hydrogen) atoms. The van der Waals surface area contributed by atoms with Crippen LogP contribution in [0, 0.1) is 0 Å². The van der Waals surface area contributed by atoms with Crippen LogP contribution in [0.5, 0.6) is 5.75 Å². The summed E-state index contributed by atoms with van der Waals surface area (Å²) in [5, 5.41) is 21.2. The van der Waals surface area contributed by atoms with E-state index in [9.17, 15) is 15.0 Å². The Morgan fingerprint density at radius 3 is 2.37 bits per heavy atom. The molecule has 0 unspecified atom stereocenters. The molecule has 0 radical (unpaired) electrons. The fourth-order valence-electron chi connectivity index (χ4n) is 1.56. The number of hydrogen-bond donors (Lipinski definition) is 3. The van der Waals surface area contributed by atoms with Crippen molar-refractivity contribution < 1.29 is 19.7 Å². The number of phenols is 1. The van der Waals surface area contributed by atoms with Gasteiger partial charge in [0, 0.05) is 12.5 Å². The van der Waals surface area contributed by atoms with E-state index < -0.39 is 11.7 Å². The van der Waals surface area contributed by atoms with Crippen LogP contribution in [-0.2, 0) is 4.74 Å². The molecule has 3 N–H and O–H groups in total. The van der Waals surface area contributed by atoms with E-state index in [4.69, 9.17) is 4.74 Å². The number of phenolic OH excluding ortho intramolecular Hbond substituents is 1. The van der Waals surface area contributed by atoms with Crippen LogP contribution in [0.25, 0.3) is 0 Å². The summed E-state index contributed by atoms with van der Waals surface area (Å²) in [7, 11) is 0. The fourth-order valence-corrected chi connectivity index (χ4v) is 1.56. The third-order valence-electron chi connectivity index (χ3n) is 2.48. The molecule has 0 aliphatic heterocycles. The summed E-state index contributed by atoms with van der Waals surface area (Å²) < 4.78 is 5.12. The number of hydrogen-bond acceptors (Lipinski definition) is 4. The first-order valence-corrected chi connectivity index (χ1v) is 6.18. The second kappa shape index (κ2) is 6.43. The number of benzene rings is 1. The van der Waals surface area contributed by atoms with Crippen LogP contribution >= 0.6 is 0 Å². The van der Waals surface area contributed by atoms with Gasteiger partial charge in [0.2, 0.25) is 0 Å². The average Bonchev–Trinajstić information content (AvgIpc) is 2.29. The van der Waals surface area contributed by atoms with Crippen LogP contribution in [0.4, 0.5) is 4.79 Å².